The van der Waals surface area contributed by atoms with Gasteiger partial charge >= 0.3 is 0 Å². The van der Waals surface area contributed by atoms with Crippen LogP contribution < -0.4 is 5.32 Å². The van der Waals surface area contributed by atoms with Gasteiger partial charge in [0.15, 0.2) is 0 Å². The SMILES string of the molecule is CCNC1CC(c2ccc(Cl)c(Cl)c2)C1(C)C. The first-order valence-corrected chi connectivity index (χ1v) is 6.90. The van der Waals surface area contributed by atoms with Crippen molar-refractivity contribution in [1.82, 2.24) is 5.32 Å². The van der Waals surface area contributed by atoms with Gasteiger partial charge in [0.2, 0.25) is 0 Å². The highest BCUT2D eigenvalue weighted by molar-refractivity contribution is 6.42. The molecule has 0 saturated heterocycles. The van der Waals surface area contributed by atoms with E-state index < -0.39 is 0 Å². The van der Waals surface area contributed by atoms with E-state index in [-0.39, 0.29) is 5.41 Å². The highest BCUT2D eigenvalue weighted by Gasteiger charge is 2.48. The zero-order valence-electron chi connectivity index (χ0n) is 10.6. The summed E-state index contributed by atoms with van der Waals surface area (Å²) in [5, 5.41) is 4.83. The molecule has 1 aromatic carbocycles. The van der Waals surface area contributed by atoms with Crippen molar-refractivity contribution in [2.75, 3.05) is 6.54 Å². The lowest BCUT2D eigenvalue weighted by molar-refractivity contribution is 0.0706. The Labute approximate surface area is 114 Å². The van der Waals surface area contributed by atoms with E-state index in [9.17, 15) is 0 Å². The number of nitrogens with one attached hydrogen (secondary N) is 1. The minimum absolute atomic E-state index is 0.285. The average Bonchev–Trinajstić information content (AvgIpc) is 2.28. The second-order valence-corrected chi connectivity index (χ2v) is 6.21. The molecule has 0 aliphatic heterocycles. The zero-order chi connectivity index (χ0) is 12.6. The fourth-order valence-electron chi connectivity index (χ4n) is 2.81. The van der Waals surface area contributed by atoms with E-state index in [4.69, 9.17) is 23.2 Å². The molecule has 0 heterocycles. The van der Waals surface area contributed by atoms with Gasteiger partial charge in [-0.3, -0.25) is 0 Å². The Morgan fingerprint density at radius 3 is 2.53 bits per heavy atom. The molecule has 1 aliphatic carbocycles. The molecule has 0 radical (unpaired) electrons. The van der Waals surface area contributed by atoms with Crippen molar-refractivity contribution in [3.05, 3.63) is 33.8 Å². The average molecular weight is 272 g/mol. The molecule has 1 fully saturated rings. The van der Waals surface area contributed by atoms with Gasteiger partial charge in [0.1, 0.15) is 0 Å². The molecule has 1 N–H and O–H groups in total. The molecule has 2 atom stereocenters. The smallest absolute Gasteiger partial charge is 0.0595 e. The lowest BCUT2D eigenvalue weighted by Gasteiger charge is -2.53. The quantitative estimate of drug-likeness (QED) is 0.855. The topological polar surface area (TPSA) is 12.0 Å². The standard InChI is InChI=1S/C14H19Cl2N/c1-4-17-13-8-10(14(13,2)3)9-5-6-11(15)12(16)7-9/h5-7,10,13,17H,4,8H2,1-3H3. The van der Waals surface area contributed by atoms with Crippen molar-refractivity contribution in [2.45, 2.75) is 39.2 Å². The molecule has 0 spiro atoms. The van der Waals surface area contributed by atoms with Crippen LogP contribution in [0.4, 0.5) is 0 Å². The van der Waals surface area contributed by atoms with Crippen LogP contribution in [0, 0.1) is 5.41 Å². The van der Waals surface area contributed by atoms with Crippen LogP contribution in [0.5, 0.6) is 0 Å². The molecule has 1 nitrogen and oxygen atoms in total. The summed E-state index contributed by atoms with van der Waals surface area (Å²) in [6.07, 6.45) is 1.18. The number of halogens is 2. The molecular weight excluding hydrogens is 253 g/mol. The molecule has 2 unspecified atom stereocenters. The minimum Gasteiger partial charge on any atom is -0.314 e. The van der Waals surface area contributed by atoms with E-state index in [1.54, 1.807) is 0 Å². The predicted octanol–water partition coefficient (Wildman–Crippen LogP) is 4.49. The van der Waals surface area contributed by atoms with E-state index >= 15 is 0 Å². The molecule has 3 heteroatoms. The molecular formula is C14H19Cl2N. The first-order valence-electron chi connectivity index (χ1n) is 6.15. The molecule has 0 aromatic heterocycles. The van der Waals surface area contributed by atoms with Crippen LogP contribution >= 0.6 is 23.2 Å². The summed E-state index contributed by atoms with van der Waals surface area (Å²) in [6, 6.07) is 6.61. The third-order valence-electron chi connectivity index (χ3n) is 4.06. The molecule has 94 valence electrons. The number of hydrogen-bond donors (Lipinski definition) is 1. The van der Waals surface area contributed by atoms with E-state index in [1.165, 1.54) is 12.0 Å². The maximum atomic E-state index is 6.08. The number of benzene rings is 1. The van der Waals surface area contributed by atoms with Crippen molar-refractivity contribution in [2.24, 2.45) is 5.41 Å². The minimum atomic E-state index is 0.285. The lowest BCUT2D eigenvalue weighted by atomic mass is 9.56. The Kier molecular flexibility index (Phi) is 3.72. The Balaban J connectivity index is 2.17. The summed E-state index contributed by atoms with van der Waals surface area (Å²) in [5.41, 5.74) is 1.59. The Morgan fingerprint density at radius 1 is 1.29 bits per heavy atom. The summed E-state index contributed by atoms with van der Waals surface area (Å²) in [7, 11) is 0. The predicted molar refractivity (Wildman–Crippen MR) is 75.1 cm³/mol. The van der Waals surface area contributed by atoms with Crippen molar-refractivity contribution in [1.29, 1.82) is 0 Å². The summed E-state index contributed by atoms with van der Waals surface area (Å²) in [6.45, 7) is 7.82. The highest BCUT2D eigenvalue weighted by Crippen LogP contribution is 2.52. The van der Waals surface area contributed by atoms with E-state index in [2.05, 4.69) is 32.2 Å². The molecule has 2 rings (SSSR count). The molecule has 1 saturated carbocycles. The van der Waals surface area contributed by atoms with Gasteiger partial charge in [0.25, 0.3) is 0 Å². The van der Waals surface area contributed by atoms with Crippen molar-refractivity contribution in [3.8, 4) is 0 Å². The van der Waals surface area contributed by atoms with Crippen LogP contribution in [-0.4, -0.2) is 12.6 Å². The van der Waals surface area contributed by atoms with Crippen LogP contribution in [0.15, 0.2) is 18.2 Å². The highest BCUT2D eigenvalue weighted by atomic mass is 35.5. The lowest BCUT2D eigenvalue weighted by Crippen LogP contribution is -2.55. The second-order valence-electron chi connectivity index (χ2n) is 5.39. The van der Waals surface area contributed by atoms with Crippen molar-refractivity contribution in [3.63, 3.8) is 0 Å². The van der Waals surface area contributed by atoms with Crippen LogP contribution in [-0.2, 0) is 0 Å². The van der Waals surface area contributed by atoms with E-state index in [1.807, 2.05) is 12.1 Å². The van der Waals surface area contributed by atoms with Gasteiger partial charge in [0, 0.05) is 6.04 Å². The third-order valence-corrected chi connectivity index (χ3v) is 4.80. The van der Waals surface area contributed by atoms with Gasteiger partial charge in [-0.15, -0.1) is 0 Å². The Bertz CT molecular complexity index is 415. The second kappa shape index (κ2) is 4.79. The van der Waals surface area contributed by atoms with Gasteiger partial charge in [-0.2, -0.15) is 0 Å². The molecule has 0 amide bonds. The molecule has 1 aliphatic rings. The summed E-state index contributed by atoms with van der Waals surface area (Å²) in [4.78, 5) is 0. The third kappa shape index (κ3) is 2.33. The van der Waals surface area contributed by atoms with E-state index in [0.717, 1.165) is 6.54 Å². The van der Waals surface area contributed by atoms with Gasteiger partial charge in [-0.1, -0.05) is 50.0 Å². The fraction of sp³-hybridized carbons (Fsp3) is 0.571. The summed E-state index contributed by atoms with van der Waals surface area (Å²) < 4.78 is 0. The van der Waals surface area contributed by atoms with Crippen LogP contribution in [0.3, 0.4) is 0 Å². The summed E-state index contributed by atoms with van der Waals surface area (Å²) in [5.74, 6) is 0.571. The van der Waals surface area contributed by atoms with Crippen molar-refractivity contribution < 1.29 is 0 Å². The maximum Gasteiger partial charge on any atom is 0.0595 e. The molecule has 17 heavy (non-hydrogen) atoms. The van der Waals surface area contributed by atoms with Gasteiger partial charge < -0.3 is 5.32 Å². The molecule has 1 aromatic rings. The normalized spacial score (nSPS) is 26.6. The Hall–Kier alpha value is -0.240. The van der Waals surface area contributed by atoms with Gasteiger partial charge in [0.05, 0.1) is 10.0 Å². The monoisotopic (exact) mass is 271 g/mol. The molecule has 0 bridgehead atoms. The van der Waals surface area contributed by atoms with Crippen LogP contribution in [0.25, 0.3) is 0 Å². The summed E-state index contributed by atoms with van der Waals surface area (Å²) >= 11 is 12.0. The zero-order valence-corrected chi connectivity index (χ0v) is 12.1. The largest absolute Gasteiger partial charge is 0.314 e. The van der Waals surface area contributed by atoms with Crippen molar-refractivity contribution >= 4 is 23.2 Å². The van der Waals surface area contributed by atoms with Crippen LogP contribution in [0.2, 0.25) is 10.0 Å². The fourth-order valence-corrected chi connectivity index (χ4v) is 3.12. The van der Waals surface area contributed by atoms with Crippen LogP contribution in [0.1, 0.15) is 38.7 Å². The number of rotatable bonds is 3. The maximum absolute atomic E-state index is 6.08. The Morgan fingerprint density at radius 2 is 2.00 bits per heavy atom. The van der Waals surface area contributed by atoms with Gasteiger partial charge in [-0.25, -0.2) is 0 Å². The van der Waals surface area contributed by atoms with E-state index in [0.29, 0.717) is 22.0 Å². The first kappa shape index (κ1) is 13.2. The first-order chi connectivity index (χ1) is 7.96. The number of hydrogen-bond acceptors (Lipinski definition) is 1. The van der Waals surface area contributed by atoms with Gasteiger partial charge in [-0.05, 0) is 42.0 Å².